The van der Waals surface area contributed by atoms with Crippen LogP contribution in [0, 0.1) is 0 Å². The smallest absolute Gasteiger partial charge is 0.151 e. The monoisotopic (exact) mass is 292 g/mol. The molecule has 3 aromatic rings. The minimum atomic E-state index is 1.08. The first-order valence-corrected chi connectivity index (χ1v) is 8.47. The first-order valence-electron chi connectivity index (χ1n) is 5.78. The second-order valence-corrected chi connectivity index (χ2v) is 7.18. The molecule has 0 fully saturated rings. The van der Waals surface area contributed by atoms with Gasteiger partial charge in [-0.3, -0.25) is 0 Å². The molecule has 2 heterocycles. The van der Waals surface area contributed by atoms with Crippen molar-refractivity contribution < 1.29 is 0 Å². The third-order valence-electron chi connectivity index (χ3n) is 2.52. The Morgan fingerprint density at radius 2 is 2.17 bits per heavy atom. The van der Waals surface area contributed by atoms with Gasteiger partial charge in [0.1, 0.15) is 0 Å². The molecule has 5 heteroatoms. The summed E-state index contributed by atoms with van der Waals surface area (Å²) >= 11 is 5.38. The predicted octanol–water partition coefficient (Wildman–Crippen LogP) is 4.48. The van der Waals surface area contributed by atoms with Gasteiger partial charge in [0, 0.05) is 23.8 Å². The SMILES string of the molecule is c1ccc2sc(SCCCc3nccs3)nc2c1. The van der Waals surface area contributed by atoms with Crippen LogP contribution in [0.1, 0.15) is 11.4 Å². The molecule has 0 N–H and O–H groups in total. The van der Waals surface area contributed by atoms with Gasteiger partial charge in [-0.15, -0.1) is 22.7 Å². The first-order chi connectivity index (χ1) is 8.92. The summed E-state index contributed by atoms with van der Waals surface area (Å²) in [6.45, 7) is 0. The summed E-state index contributed by atoms with van der Waals surface area (Å²) in [6, 6.07) is 8.31. The fourth-order valence-corrected chi connectivity index (χ4v) is 4.41. The van der Waals surface area contributed by atoms with Crippen molar-refractivity contribution in [3.63, 3.8) is 0 Å². The molecule has 0 amide bonds. The first kappa shape index (κ1) is 12.1. The zero-order valence-corrected chi connectivity index (χ0v) is 12.2. The Balaban J connectivity index is 1.53. The molecule has 0 aliphatic carbocycles. The van der Waals surface area contributed by atoms with Gasteiger partial charge >= 0.3 is 0 Å². The Bertz CT molecular complexity index is 583. The topological polar surface area (TPSA) is 25.8 Å². The molecule has 0 aliphatic heterocycles. The molecule has 92 valence electrons. The van der Waals surface area contributed by atoms with Gasteiger partial charge in [0.25, 0.3) is 0 Å². The van der Waals surface area contributed by atoms with Crippen LogP contribution >= 0.6 is 34.4 Å². The standard InChI is InChI=1S/C13H12N2S3/c1-2-5-11-10(4-1)15-13(18-11)17-8-3-6-12-14-7-9-16-12/h1-2,4-5,7,9H,3,6,8H2. The largest absolute Gasteiger partial charge is 0.250 e. The summed E-state index contributed by atoms with van der Waals surface area (Å²) in [7, 11) is 0. The number of para-hydroxylation sites is 1. The number of aryl methyl sites for hydroxylation is 1. The highest BCUT2D eigenvalue weighted by atomic mass is 32.2. The van der Waals surface area contributed by atoms with Crippen LogP contribution < -0.4 is 0 Å². The molecule has 3 rings (SSSR count). The van der Waals surface area contributed by atoms with E-state index in [9.17, 15) is 0 Å². The Morgan fingerprint density at radius 3 is 3.00 bits per heavy atom. The van der Waals surface area contributed by atoms with Crippen LogP contribution in [0.2, 0.25) is 0 Å². The molecule has 0 atom stereocenters. The molecule has 0 saturated heterocycles. The quantitative estimate of drug-likeness (QED) is 0.512. The third-order valence-corrected chi connectivity index (χ3v) is 5.62. The summed E-state index contributed by atoms with van der Waals surface area (Å²) in [5, 5.41) is 3.27. The number of fused-ring (bicyclic) bond motifs is 1. The van der Waals surface area contributed by atoms with Gasteiger partial charge in [0.05, 0.1) is 15.2 Å². The number of nitrogens with zero attached hydrogens (tertiary/aromatic N) is 2. The molecule has 0 unspecified atom stereocenters. The molecule has 1 aromatic carbocycles. The van der Waals surface area contributed by atoms with Crippen molar-refractivity contribution in [2.45, 2.75) is 17.2 Å². The van der Waals surface area contributed by atoms with Gasteiger partial charge in [-0.2, -0.15) is 0 Å². The highest BCUT2D eigenvalue weighted by Crippen LogP contribution is 2.29. The van der Waals surface area contributed by atoms with Crippen molar-refractivity contribution >= 4 is 44.7 Å². The maximum Gasteiger partial charge on any atom is 0.151 e. The summed E-state index contributed by atoms with van der Waals surface area (Å²) in [5.74, 6) is 1.11. The van der Waals surface area contributed by atoms with E-state index in [2.05, 4.69) is 28.2 Å². The lowest BCUT2D eigenvalue weighted by Gasteiger charge is -1.95. The highest BCUT2D eigenvalue weighted by Gasteiger charge is 2.03. The summed E-state index contributed by atoms with van der Waals surface area (Å²) in [6.07, 6.45) is 4.12. The Morgan fingerprint density at radius 1 is 1.22 bits per heavy atom. The van der Waals surface area contributed by atoms with Crippen LogP contribution in [-0.2, 0) is 6.42 Å². The van der Waals surface area contributed by atoms with Crippen molar-refractivity contribution in [1.29, 1.82) is 0 Å². The number of rotatable bonds is 5. The van der Waals surface area contributed by atoms with E-state index in [-0.39, 0.29) is 0 Å². The fourth-order valence-electron chi connectivity index (χ4n) is 1.67. The molecular weight excluding hydrogens is 280 g/mol. The highest BCUT2D eigenvalue weighted by molar-refractivity contribution is 8.01. The predicted molar refractivity (Wildman–Crippen MR) is 80.8 cm³/mol. The molecule has 0 bridgehead atoms. The molecule has 0 spiro atoms. The van der Waals surface area contributed by atoms with Gasteiger partial charge in [-0.05, 0) is 18.6 Å². The van der Waals surface area contributed by atoms with Crippen molar-refractivity contribution in [2.75, 3.05) is 5.75 Å². The molecule has 0 saturated carbocycles. The second-order valence-electron chi connectivity index (χ2n) is 3.83. The minimum absolute atomic E-state index is 1.08. The van der Waals surface area contributed by atoms with Crippen LogP contribution in [0.4, 0.5) is 0 Å². The summed E-state index contributed by atoms with van der Waals surface area (Å²) < 4.78 is 2.45. The third kappa shape index (κ3) is 2.91. The molecule has 18 heavy (non-hydrogen) atoms. The Labute approximate surface area is 118 Å². The van der Waals surface area contributed by atoms with Gasteiger partial charge < -0.3 is 0 Å². The van der Waals surface area contributed by atoms with E-state index >= 15 is 0 Å². The van der Waals surface area contributed by atoms with Crippen LogP contribution in [0.25, 0.3) is 10.2 Å². The van der Waals surface area contributed by atoms with Gasteiger partial charge in [0.15, 0.2) is 4.34 Å². The normalized spacial score (nSPS) is 11.1. The van der Waals surface area contributed by atoms with Crippen molar-refractivity contribution in [1.82, 2.24) is 9.97 Å². The maximum absolute atomic E-state index is 4.62. The van der Waals surface area contributed by atoms with Crippen LogP contribution in [0.15, 0.2) is 40.2 Å². The minimum Gasteiger partial charge on any atom is -0.250 e. The number of thiazole rings is 2. The molecule has 2 nitrogen and oxygen atoms in total. The number of thioether (sulfide) groups is 1. The lowest BCUT2D eigenvalue weighted by molar-refractivity contribution is 0.919. The van der Waals surface area contributed by atoms with Crippen molar-refractivity contribution in [3.05, 3.63) is 40.8 Å². The molecule has 2 aromatic heterocycles. The lowest BCUT2D eigenvalue weighted by Crippen LogP contribution is -1.86. The van der Waals surface area contributed by atoms with E-state index in [0.29, 0.717) is 0 Å². The van der Waals surface area contributed by atoms with E-state index in [4.69, 9.17) is 0 Å². The number of aromatic nitrogens is 2. The Hall–Kier alpha value is -0.910. The zero-order chi connectivity index (χ0) is 12.2. The lowest BCUT2D eigenvalue weighted by atomic mass is 10.3. The average molecular weight is 292 g/mol. The van der Waals surface area contributed by atoms with Gasteiger partial charge in [-0.25, -0.2) is 9.97 Å². The summed E-state index contributed by atoms with van der Waals surface area (Å²) in [5.41, 5.74) is 1.12. The second kappa shape index (κ2) is 5.82. The van der Waals surface area contributed by atoms with Gasteiger partial charge in [0.2, 0.25) is 0 Å². The number of benzene rings is 1. The maximum atomic E-state index is 4.62. The fraction of sp³-hybridized carbons (Fsp3) is 0.231. The van der Waals surface area contributed by atoms with E-state index in [1.807, 2.05) is 29.4 Å². The Kier molecular flexibility index (Phi) is 3.93. The van der Waals surface area contributed by atoms with E-state index in [0.717, 1.165) is 24.1 Å². The van der Waals surface area contributed by atoms with Gasteiger partial charge in [-0.1, -0.05) is 23.9 Å². The van der Waals surface area contributed by atoms with Crippen LogP contribution in [0.5, 0.6) is 0 Å². The number of hydrogen-bond acceptors (Lipinski definition) is 5. The molecular formula is C13H12N2S3. The average Bonchev–Trinajstić information content (AvgIpc) is 3.03. The van der Waals surface area contributed by atoms with Crippen LogP contribution in [-0.4, -0.2) is 15.7 Å². The molecule has 0 radical (unpaired) electrons. The van der Waals surface area contributed by atoms with Crippen LogP contribution in [0.3, 0.4) is 0 Å². The van der Waals surface area contributed by atoms with E-state index in [1.165, 1.54) is 14.0 Å². The van der Waals surface area contributed by atoms with E-state index in [1.54, 1.807) is 22.7 Å². The summed E-state index contributed by atoms with van der Waals surface area (Å²) in [4.78, 5) is 8.91. The zero-order valence-electron chi connectivity index (χ0n) is 9.70. The van der Waals surface area contributed by atoms with E-state index < -0.39 is 0 Å². The van der Waals surface area contributed by atoms with Crippen molar-refractivity contribution in [3.8, 4) is 0 Å². The number of hydrogen-bond donors (Lipinski definition) is 0. The van der Waals surface area contributed by atoms with Crippen molar-refractivity contribution in [2.24, 2.45) is 0 Å². The molecule has 0 aliphatic rings.